The van der Waals surface area contributed by atoms with Crippen LogP contribution in [0.1, 0.15) is 39.2 Å². The van der Waals surface area contributed by atoms with Crippen LogP contribution >= 0.6 is 11.6 Å². The molecule has 94 valence electrons. The highest BCUT2D eigenvalue weighted by Crippen LogP contribution is 2.36. The Morgan fingerprint density at radius 2 is 1.71 bits per heavy atom. The molecule has 1 aromatic carbocycles. The second-order valence-electron chi connectivity index (χ2n) is 6.21. The van der Waals surface area contributed by atoms with Crippen LogP contribution in [0.2, 0.25) is 5.02 Å². The Hall–Kier alpha value is -0.530. The van der Waals surface area contributed by atoms with Crippen molar-refractivity contribution in [3.05, 3.63) is 34.9 Å². The average Bonchev–Trinajstić information content (AvgIpc) is 2.61. The van der Waals surface area contributed by atoms with E-state index in [1.54, 1.807) is 0 Å². The molecule has 0 spiro atoms. The molecular weight excluding hydrogens is 230 g/mol. The Kier molecular flexibility index (Phi) is 3.51. The highest BCUT2D eigenvalue weighted by atomic mass is 35.5. The van der Waals surface area contributed by atoms with Crippen molar-refractivity contribution in [2.45, 2.75) is 39.2 Å². The molecule has 0 amide bonds. The SMILES string of the molecule is CC1CN(C(C)(C)C)CC1c1ccc(Cl)cc1. The van der Waals surface area contributed by atoms with Crippen molar-refractivity contribution in [2.75, 3.05) is 13.1 Å². The van der Waals surface area contributed by atoms with Gasteiger partial charge in [0.05, 0.1) is 0 Å². The zero-order chi connectivity index (χ0) is 12.6. The maximum atomic E-state index is 5.95. The lowest BCUT2D eigenvalue weighted by Crippen LogP contribution is -2.39. The minimum absolute atomic E-state index is 0.273. The van der Waals surface area contributed by atoms with Crippen molar-refractivity contribution < 1.29 is 0 Å². The van der Waals surface area contributed by atoms with Gasteiger partial charge in [0.15, 0.2) is 0 Å². The standard InChI is InChI=1S/C15H22ClN/c1-11-9-17(15(2,3)4)10-14(11)12-5-7-13(16)8-6-12/h5-8,11,14H,9-10H2,1-4H3. The van der Waals surface area contributed by atoms with Gasteiger partial charge < -0.3 is 0 Å². The van der Waals surface area contributed by atoms with Crippen LogP contribution in [-0.2, 0) is 0 Å². The van der Waals surface area contributed by atoms with E-state index in [-0.39, 0.29) is 5.54 Å². The van der Waals surface area contributed by atoms with Crippen LogP contribution in [0.5, 0.6) is 0 Å². The summed E-state index contributed by atoms with van der Waals surface area (Å²) in [6, 6.07) is 8.36. The van der Waals surface area contributed by atoms with Crippen LogP contribution in [0.15, 0.2) is 24.3 Å². The van der Waals surface area contributed by atoms with Crippen molar-refractivity contribution in [3.63, 3.8) is 0 Å². The van der Waals surface area contributed by atoms with Gasteiger partial charge in [-0.2, -0.15) is 0 Å². The highest BCUT2D eigenvalue weighted by Gasteiger charge is 2.35. The third-order valence-electron chi connectivity index (χ3n) is 3.86. The Morgan fingerprint density at radius 1 is 1.12 bits per heavy atom. The number of halogens is 1. The maximum Gasteiger partial charge on any atom is 0.0406 e. The molecule has 0 aromatic heterocycles. The van der Waals surface area contributed by atoms with Crippen LogP contribution in [0, 0.1) is 5.92 Å². The van der Waals surface area contributed by atoms with E-state index < -0.39 is 0 Å². The summed E-state index contributed by atoms with van der Waals surface area (Å²) >= 11 is 5.95. The maximum absolute atomic E-state index is 5.95. The van der Waals surface area contributed by atoms with E-state index in [4.69, 9.17) is 11.6 Å². The van der Waals surface area contributed by atoms with Crippen LogP contribution in [0.25, 0.3) is 0 Å². The summed E-state index contributed by atoms with van der Waals surface area (Å²) in [5, 5.41) is 0.826. The number of nitrogens with zero attached hydrogens (tertiary/aromatic N) is 1. The van der Waals surface area contributed by atoms with Crippen molar-refractivity contribution in [2.24, 2.45) is 5.92 Å². The molecule has 1 aliphatic rings. The normalized spacial score (nSPS) is 26.4. The topological polar surface area (TPSA) is 3.24 Å². The lowest BCUT2D eigenvalue weighted by molar-refractivity contribution is 0.168. The zero-order valence-corrected chi connectivity index (χ0v) is 12.0. The van der Waals surface area contributed by atoms with Gasteiger partial charge in [0.1, 0.15) is 0 Å². The van der Waals surface area contributed by atoms with Gasteiger partial charge >= 0.3 is 0 Å². The van der Waals surface area contributed by atoms with E-state index in [0.29, 0.717) is 5.92 Å². The predicted octanol–water partition coefficient (Wildman–Crippen LogP) is 4.17. The van der Waals surface area contributed by atoms with Crippen LogP contribution in [0.4, 0.5) is 0 Å². The molecule has 1 fully saturated rings. The predicted molar refractivity (Wildman–Crippen MR) is 74.7 cm³/mol. The first-order valence-corrected chi connectivity index (χ1v) is 6.76. The number of benzene rings is 1. The first kappa shape index (κ1) is 12.9. The fraction of sp³-hybridized carbons (Fsp3) is 0.600. The van der Waals surface area contributed by atoms with Crippen molar-refractivity contribution >= 4 is 11.6 Å². The summed E-state index contributed by atoms with van der Waals surface area (Å²) < 4.78 is 0. The Morgan fingerprint density at radius 3 is 2.18 bits per heavy atom. The van der Waals surface area contributed by atoms with E-state index in [2.05, 4.69) is 44.7 Å². The van der Waals surface area contributed by atoms with Gasteiger partial charge in [-0.05, 0) is 44.4 Å². The van der Waals surface area contributed by atoms with Gasteiger partial charge in [0, 0.05) is 29.6 Å². The molecule has 1 saturated heterocycles. The zero-order valence-electron chi connectivity index (χ0n) is 11.2. The Labute approximate surface area is 110 Å². The molecule has 1 aromatic rings. The first-order valence-electron chi connectivity index (χ1n) is 6.38. The van der Waals surface area contributed by atoms with Crippen LogP contribution in [-0.4, -0.2) is 23.5 Å². The van der Waals surface area contributed by atoms with Crippen molar-refractivity contribution in [1.29, 1.82) is 0 Å². The molecular formula is C15H22ClN. The molecule has 0 saturated carbocycles. The smallest absolute Gasteiger partial charge is 0.0406 e. The van der Waals surface area contributed by atoms with Gasteiger partial charge in [-0.3, -0.25) is 4.90 Å². The molecule has 0 bridgehead atoms. The number of rotatable bonds is 1. The summed E-state index contributed by atoms with van der Waals surface area (Å²) in [7, 11) is 0. The van der Waals surface area contributed by atoms with Gasteiger partial charge in [0.25, 0.3) is 0 Å². The lowest BCUT2D eigenvalue weighted by atomic mass is 9.90. The summed E-state index contributed by atoms with van der Waals surface area (Å²) in [5.74, 6) is 1.36. The summed E-state index contributed by atoms with van der Waals surface area (Å²) in [6.07, 6.45) is 0. The second kappa shape index (κ2) is 4.62. The largest absolute Gasteiger partial charge is 0.298 e. The summed E-state index contributed by atoms with van der Waals surface area (Å²) in [5.41, 5.74) is 1.70. The van der Waals surface area contributed by atoms with Crippen LogP contribution < -0.4 is 0 Å². The second-order valence-corrected chi connectivity index (χ2v) is 6.65. The van der Waals surface area contributed by atoms with Gasteiger partial charge in [-0.1, -0.05) is 30.7 Å². The van der Waals surface area contributed by atoms with Crippen molar-refractivity contribution in [1.82, 2.24) is 4.90 Å². The number of hydrogen-bond acceptors (Lipinski definition) is 1. The van der Waals surface area contributed by atoms with E-state index in [1.165, 1.54) is 12.1 Å². The molecule has 1 heterocycles. The quantitative estimate of drug-likeness (QED) is 0.724. The monoisotopic (exact) mass is 251 g/mol. The molecule has 2 unspecified atom stereocenters. The Balaban J connectivity index is 2.16. The van der Waals surface area contributed by atoms with E-state index in [1.807, 2.05) is 12.1 Å². The first-order chi connectivity index (χ1) is 7.88. The van der Waals surface area contributed by atoms with Gasteiger partial charge in [0.2, 0.25) is 0 Å². The third-order valence-corrected chi connectivity index (χ3v) is 4.11. The van der Waals surface area contributed by atoms with Crippen molar-refractivity contribution in [3.8, 4) is 0 Å². The third kappa shape index (κ3) is 2.83. The molecule has 1 nitrogen and oxygen atoms in total. The lowest BCUT2D eigenvalue weighted by Gasteiger charge is -2.31. The molecule has 2 rings (SSSR count). The molecule has 0 N–H and O–H groups in total. The minimum Gasteiger partial charge on any atom is -0.298 e. The van der Waals surface area contributed by atoms with Gasteiger partial charge in [-0.15, -0.1) is 0 Å². The molecule has 2 heteroatoms. The number of likely N-dealkylation sites (tertiary alicyclic amines) is 1. The minimum atomic E-state index is 0.273. The van der Waals surface area contributed by atoms with E-state index in [9.17, 15) is 0 Å². The fourth-order valence-electron chi connectivity index (χ4n) is 2.66. The molecule has 2 atom stereocenters. The molecule has 17 heavy (non-hydrogen) atoms. The van der Waals surface area contributed by atoms with E-state index in [0.717, 1.165) is 17.5 Å². The highest BCUT2D eigenvalue weighted by molar-refractivity contribution is 6.30. The molecule has 0 radical (unpaired) electrons. The molecule has 0 aliphatic carbocycles. The fourth-order valence-corrected chi connectivity index (χ4v) is 2.78. The van der Waals surface area contributed by atoms with Crippen LogP contribution in [0.3, 0.4) is 0 Å². The Bertz CT molecular complexity index is 377. The van der Waals surface area contributed by atoms with E-state index >= 15 is 0 Å². The average molecular weight is 252 g/mol. The molecule has 1 aliphatic heterocycles. The summed E-state index contributed by atoms with van der Waals surface area (Å²) in [4.78, 5) is 2.58. The summed E-state index contributed by atoms with van der Waals surface area (Å²) in [6.45, 7) is 11.6. The number of hydrogen-bond donors (Lipinski definition) is 0. The van der Waals surface area contributed by atoms with Gasteiger partial charge in [-0.25, -0.2) is 0 Å².